The zero-order valence-corrected chi connectivity index (χ0v) is 18.0. The van der Waals surface area contributed by atoms with Crippen LogP contribution >= 0.6 is 23.2 Å². The molecule has 158 valence electrons. The average Bonchev–Trinajstić information content (AvgIpc) is 2.66. The van der Waals surface area contributed by atoms with Gasteiger partial charge in [-0.1, -0.05) is 23.2 Å². The number of carbonyl (C=O) groups excluding carboxylic acids is 2. The van der Waals surface area contributed by atoms with Crippen LogP contribution in [-0.2, 0) is 9.59 Å². The average molecular weight is 449 g/mol. The van der Waals surface area contributed by atoms with Crippen LogP contribution in [0.5, 0.6) is 11.5 Å². The molecule has 0 aliphatic heterocycles. The lowest BCUT2D eigenvalue weighted by atomic mass is 9.44. The third-order valence-electron chi connectivity index (χ3n) is 5.52. The van der Waals surface area contributed by atoms with Gasteiger partial charge >= 0.3 is 0 Å². The van der Waals surface area contributed by atoms with Gasteiger partial charge in [0.1, 0.15) is 11.5 Å². The van der Waals surface area contributed by atoms with Gasteiger partial charge < -0.3 is 20.1 Å². The minimum absolute atomic E-state index is 0.0584. The molecular weight excluding hydrogens is 427 g/mol. The Kier molecular flexibility index (Phi) is 5.55. The molecular formula is C22H22Cl2N2O4. The second-order valence-corrected chi connectivity index (χ2v) is 8.97. The second kappa shape index (κ2) is 8.00. The zero-order valence-electron chi connectivity index (χ0n) is 16.5. The van der Waals surface area contributed by atoms with Crippen molar-refractivity contribution in [3.05, 3.63) is 58.1 Å². The molecule has 30 heavy (non-hydrogen) atoms. The Morgan fingerprint density at radius 3 is 1.90 bits per heavy atom. The summed E-state index contributed by atoms with van der Waals surface area (Å²) in [6, 6.07) is 12.1. The van der Waals surface area contributed by atoms with E-state index in [0.29, 0.717) is 21.5 Å². The van der Waals surface area contributed by atoms with Crippen molar-refractivity contribution >= 4 is 35.0 Å². The first-order valence-electron chi connectivity index (χ1n) is 9.66. The summed E-state index contributed by atoms with van der Waals surface area (Å²) in [7, 11) is 0. The summed E-state index contributed by atoms with van der Waals surface area (Å²) in [5.41, 5.74) is 0.425. The minimum atomic E-state index is -0.235. The Morgan fingerprint density at radius 2 is 1.37 bits per heavy atom. The summed E-state index contributed by atoms with van der Waals surface area (Å²) in [4.78, 5) is 24.4. The van der Waals surface area contributed by atoms with Crippen LogP contribution in [0.2, 0.25) is 10.0 Å². The molecule has 5 rings (SSSR count). The Hall–Kier alpha value is -2.44. The molecule has 2 aromatic carbocycles. The lowest BCUT2D eigenvalue weighted by Crippen LogP contribution is -2.84. The van der Waals surface area contributed by atoms with Gasteiger partial charge in [-0.05, 0) is 74.2 Å². The second-order valence-electron chi connectivity index (χ2n) is 8.13. The molecule has 6 nitrogen and oxygen atoms in total. The number of benzene rings is 2. The number of nitrogens with one attached hydrogen (secondary N) is 2. The molecule has 0 spiro atoms. The van der Waals surface area contributed by atoms with Crippen molar-refractivity contribution in [3.63, 3.8) is 0 Å². The fraction of sp³-hybridized carbons (Fsp3) is 0.364. The highest BCUT2D eigenvalue weighted by molar-refractivity contribution is 6.31. The lowest BCUT2D eigenvalue weighted by Gasteiger charge is -2.70. The summed E-state index contributed by atoms with van der Waals surface area (Å²) in [5.74, 6) is 0.847. The highest BCUT2D eigenvalue weighted by Crippen LogP contribution is 2.60. The molecule has 3 aliphatic rings. The molecule has 0 aromatic heterocycles. The van der Waals surface area contributed by atoms with Crippen molar-refractivity contribution in [1.82, 2.24) is 10.6 Å². The van der Waals surface area contributed by atoms with Crippen molar-refractivity contribution in [2.24, 2.45) is 0 Å². The van der Waals surface area contributed by atoms with E-state index in [1.807, 2.05) is 6.92 Å². The van der Waals surface area contributed by atoms with E-state index in [9.17, 15) is 9.59 Å². The normalized spacial score (nSPS) is 23.6. The standard InChI is InChI=1S/C22H22Cl2N2O4/c1-14-8-17(6-7-18(14)24)30-10-20(28)26-22-11-21(12-22,13-22)25-19(27)9-29-16-4-2-15(23)3-5-16/h2-8H,9-13H2,1H3,(H,25,27)(H,26,28). The van der Waals surface area contributed by atoms with Gasteiger partial charge in [0.15, 0.2) is 13.2 Å². The first kappa shape index (κ1) is 20.8. The summed E-state index contributed by atoms with van der Waals surface area (Å²) < 4.78 is 11.0. The number of ether oxygens (including phenoxy) is 2. The number of rotatable bonds is 8. The van der Waals surface area contributed by atoms with Crippen LogP contribution < -0.4 is 20.1 Å². The maximum atomic E-state index is 12.2. The molecule has 2 N–H and O–H groups in total. The molecule has 3 saturated carbocycles. The first-order valence-corrected chi connectivity index (χ1v) is 10.4. The van der Waals surface area contributed by atoms with Gasteiger partial charge in [-0.2, -0.15) is 0 Å². The Bertz CT molecular complexity index is 958. The highest BCUT2D eigenvalue weighted by atomic mass is 35.5. The van der Waals surface area contributed by atoms with E-state index in [1.165, 1.54) is 0 Å². The third kappa shape index (κ3) is 4.50. The summed E-state index contributed by atoms with van der Waals surface area (Å²) in [6.45, 7) is 1.76. The molecule has 0 atom stereocenters. The van der Waals surface area contributed by atoms with Gasteiger partial charge in [0.25, 0.3) is 11.8 Å². The van der Waals surface area contributed by atoms with Gasteiger partial charge in [0.05, 0.1) is 0 Å². The molecule has 0 saturated heterocycles. The van der Waals surface area contributed by atoms with Crippen molar-refractivity contribution < 1.29 is 19.1 Å². The van der Waals surface area contributed by atoms with E-state index in [1.54, 1.807) is 42.5 Å². The molecule has 0 unspecified atom stereocenters. The zero-order chi connectivity index (χ0) is 21.4. The van der Waals surface area contributed by atoms with Gasteiger partial charge in [0, 0.05) is 21.1 Å². The maximum Gasteiger partial charge on any atom is 0.258 e. The number of hydrogen-bond acceptors (Lipinski definition) is 4. The summed E-state index contributed by atoms with van der Waals surface area (Å²) in [6.07, 6.45) is 2.16. The molecule has 0 heterocycles. The summed E-state index contributed by atoms with van der Waals surface area (Å²) in [5, 5.41) is 7.33. The number of carbonyl (C=O) groups is 2. The fourth-order valence-corrected chi connectivity index (χ4v) is 4.50. The highest BCUT2D eigenvalue weighted by Gasteiger charge is 2.69. The van der Waals surface area contributed by atoms with Crippen LogP contribution in [-0.4, -0.2) is 36.1 Å². The smallest absolute Gasteiger partial charge is 0.258 e. The Morgan fingerprint density at radius 1 is 0.867 bits per heavy atom. The monoisotopic (exact) mass is 448 g/mol. The fourth-order valence-electron chi connectivity index (χ4n) is 4.25. The van der Waals surface area contributed by atoms with E-state index < -0.39 is 0 Å². The molecule has 2 bridgehead atoms. The molecule has 2 aromatic rings. The predicted octanol–water partition coefficient (Wildman–Crippen LogP) is 3.67. The largest absolute Gasteiger partial charge is 0.484 e. The van der Waals surface area contributed by atoms with Crippen LogP contribution in [0.3, 0.4) is 0 Å². The number of aryl methyl sites for hydroxylation is 1. The Balaban J connectivity index is 1.17. The summed E-state index contributed by atoms with van der Waals surface area (Å²) >= 11 is 11.8. The van der Waals surface area contributed by atoms with Crippen LogP contribution in [0.15, 0.2) is 42.5 Å². The van der Waals surface area contributed by atoms with E-state index in [4.69, 9.17) is 32.7 Å². The number of hydrogen-bond donors (Lipinski definition) is 2. The van der Waals surface area contributed by atoms with E-state index in [2.05, 4.69) is 10.6 Å². The van der Waals surface area contributed by atoms with E-state index in [-0.39, 0.29) is 36.1 Å². The van der Waals surface area contributed by atoms with Gasteiger partial charge in [-0.25, -0.2) is 0 Å². The lowest BCUT2D eigenvalue weighted by molar-refractivity contribution is -0.151. The SMILES string of the molecule is Cc1cc(OCC(=O)NC23CC(NC(=O)COc4ccc(Cl)cc4)(C2)C3)ccc1Cl. The Labute approximate surface area is 184 Å². The predicted molar refractivity (Wildman–Crippen MR) is 114 cm³/mol. The van der Waals surface area contributed by atoms with E-state index >= 15 is 0 Å². The van der Waals surface area contributed by atoms with Crippen LogP contribution in [0.25, 0.3) is 0 Å². The van der Waals surface area contributed by atoms with Crippen molar-refractivity contribution in [2.45, 2.75) is 37.3 Å². The van der Waals surface area contributed by atoms with E-state index in [0.717, 1.165) is 24.8 Å². The molecule has 2 amide bonds. The number of halogens is 2. The van der Waals surface area contributed by atoms with Crippen LogP contribution in [0.1, 0.15) is 24.8 Å². The third-order valence-corrected chi connectivity index (χ3v) is 6.20. The van der Waals surface area contributed by atoms with Crippen LogP contribution in [0.4, 0.5) is 0 Å². The van der Waals surface area contributed by atoms with Gasteiger partial charge in [0.2, 0.25) is 0 Å². The minimum Gasteiger partial charge on any atom is -0.484 e. The first-order chi connectivity index (χ1) is 14.3. The molecule has 3 fully saturated rings. The van der Waals surface area contributed by atoms with Crippen LogP contribution in [0, 0.1) is 6.92 Å². The molecule has 3 aliphatic carbocycles. The van der Waals surface area contributed by atoms with Gasteiger partial charge in [-0.3, -0.25) is 9.59 Å². The maximum absolute atomic E-state index is 12.2. The van der Waals surface area contributed by atoms with Gasteiger partial charge in [-0.15, -0.1) is 0 Å². The molecule has 0 radical (unpaired) electrons. The van der Waals surface area contributed by atoms with Crippen molar-refractivity contribution in [2.75, 3.05) is 13.2 Å². The molecule has 8 heteroatoms. The van der Waals surface area contributed by atoms with Crippen molar-refractivity contribution in [1.29, 1.82) is 0 Å². The quantitative estimate of drug-likeness (QED) is 0.645. The van der Waals surface area contributed by atoms with Crippen molar-refractivity contribution in [3.8, 4) is 11.5 Å². The number of amides is 2. The topological polar surface area (TPSA) is 76.7 Å².